The lowest BCUT2D eigenvalue weighted by Crippen LogP contribution is -2.05. The fourth-order valence-electron chi connectivity index (χ4n) is 1.77. The molecule has 0 aliphatic heterocycles. The Morgan fingerprint density at radius 1 is 1.36 bits per heavy atom. The molecule has 0 saturated carbocycles. The molecule has 0 amide bonds. The quantitative estimate of drug-likeness (QED) is 0.475. The van der Waals surface area contributed by atoms with Gasteiger partial charge in [-0.1, -0.05) is 0 Å². The van der Waals surface area contributed by atoms with Crippen molar-refractivity contribution in [2.24, 2.45) is 0 Å². The minimum absolute atomic E-state index is 0.194. The molecular formula is C14H13N3O5. The van der Waals surface area contributed by atoms with E-state index in [1.807, 2.05) is 0 Å². The van der Waals surface area contributed by atoms with Gasteiger partial charge >= 0.3 is 17.5 Å². The normalized spacial score (nSPS) is 10.1. The summed E-state index contributed by atoms with van der Waals surface area (Å²) in [5.41, 5.74) is 0.688. The third kappa shape index (κ3) is 3.54. The summed E-state index contributed by atoms with van der Waals surface area (Å²) in [5, 5.41) is 10.9. The lowest BCUT2D eigenvalue weighted by atomic mass is 10.1. The molecule has 0 aliphatic rings. The highest BCUT2D eigenvalue weighted by Crippen LogP contribution is 2.29. The first-order valence-electron chi connectivity index (χ1n) is 6.42. The Balaban J connectivity index is 2.34. The van der Waals surface area contributed by atoms with E-state index in [4.69, 9.17) is 9.47 Å². The second-order valence-corrected chi connectivity index (χ2v) is 4.33. The van der Waals surface area contributed by atoms with Crippen LogP contribution >= 0.6 is 0 Å². The molecule has 0 fully saturated rings. The molecule has 114 valence electrons. The highest BCUT2D eigenvalue weighted by Gasteiger charge is 2.18. The number of carbonyl (C=O) groups excluding carboxylic acids is 1. The Bertz CT molecular complexity index is 717. The lowest BCUT2D eigenvalue weighted by molar-refractivity contribution is -0.386. The Hall–Kier alpha value is -3.03. The molecule has 0 radical (unpaired) electrons. The standard InChI is InChI=1S/C14H13N3O5/c1-3-21-14(18)10-4-9(2)5-11(6-10)22-13-12(17(19)20)7-15-8-16-13/h4-8H,3H2,1-2H3. The maximum Gasteiger partial charge on any atom is 0.349 e. The van der Waals surface area contributed by atoms with Crippen molar-refractivity contribution < 1.29 is 19.2 Å². The van der Waals surface area contributed by atoms with Gasteiger partial charge in [0.25, 0.3) is 0 Å². The Morgan fingerprint density at radius 3 is 2.82 bits per heavy atom. The number of carbonyl (C=O) groups is 1. The molecule has 0 unspecified atom stereocenters. The van der Waals surface area contributed by atoms with Crippen LogP contribution in [0, 0.1) is 17.0 Å². The number of esters is 1. The number of hydrogen-bond donors (Lipinski definition) is 0. The van der Waals surface area contributed by atoms with E-state index in [2.05, 4.69) is 9.97 Å². The van der Waals surface area contributed by atoms with Crippen LogP contribution in [0.1, 0.15) is 22.8 Å². The molecule has 1 heterocycles. The average molecular weight is 303 g/mol. The molecule has 0 atom stereocenters. The molecule has 22 heavy (non-hydrogen) atoms. The van der Waals surface area contributed by atoms with Crippen molar-refractivity contribution in [3.05, 3.63) is 52.0 Å². The number of nitro groups is 1. The van der Waals surface area contributed by atoms with Crippen LogP contribution in [0.4, 0.5) is 5.69 Å². The van der Waals surface area contributed by atoms with Gasteiger partial charge < -0.3 is 9.47 Å². The van der Waals surface area contributed by atoms with E-state index in [1.165, 1.54) is 6.07 Å². The summed E-state index contributed by atoms with van der Waals surface area (Å²) in [6.45, 7) is 3.72. The summed E-state index contributed by atoms with van der Waals surface area (Å²) in [6.07, 6.45) is 2.19. The maximum absolute atomic E-state index is 11.8. The number of hydrogen-bond acceptors (Lipinski definition) is 7. The number of nitrogens with zero attached hydrogens (tertiary/aromatic N) is 3. The van der Waals surface area contributed by atoms with Crippen LogP contribution in [0.5, 0.6) is 11.6 Å². The van der Waals surface area contributed by atoms with Gasteiger partial charge in [-0.3, -0.25) is 10.1 Å². The van der Waals surface area contributed by atoms with Crippen molar-refractivity contribution in [3.63, 3.8) is 0 Å². The molecule has 2 rings (SSSR count). The van der Waals surface area contributed by atoms with Gasteiger partial charge in [0.15, 0.2) is 0 Å². The summed E-state index contributed by atoms with van der Waals surface area (Å²) in [4.78, 5) is 29.4. The first kappa shape index (κ1) is 15.4. The Labute approximate surface area is 125 Å². The predicted molar refractivity (Wildman–Crippen MR) is 75.9 cm³/mol. The molecule has 8 heteroatoms. The van der Waals surface area contributed by atoms with Crippen LogP contribution < -0.4 is 4.74 Å². The fourth-order valence-corrected chi connectivity index (χ4v) is 1.77. The van der Waals surface area contributed by atoms with Crippen molar-refractivity contribution >= 4 is 11.7 Å². The number of rotatable bonds is 5. The van der Waals surface area contributed by atoms with Gasteiger partial charge in [0.2, 0.25) is 0 Å². The molecule has 0 spiro atoms. The summed E-state index contributed by atoms with van der Waals surface area (Å²) >= 11 is 0. The van der Waals surface area contributed by atoms with E-state index in [-0.39, 0.29) is 23.9 Å². The third-order valence-corrected chi connectivity index (χ3v) is 2.63. The second kappa shape index (κ2) is 6.61. The van der Waals surface area contributed by atoms with Gasteiger partial charge in [0.1, 0.15) is 18.3 Å². The van der Waals surface area contributed by atoms with Crippen LogP contribution in [-0.2, 0) is 4.74 Å². The van der Waals surface area contributed by atoms with E-state index in [0.29, 0.717) is 5.56 Å². The van der Waals surface area contributed by atoms with Crippen LogP contribution in [-0.4, -0.2) is 27.5 Å². The SMILES string of the molecule is CCOC(=O)c1cc(C)cc(Oc2ncncc2[N+](=O)[O-])c1. The van der Waals surface area contributed by atoms with Crippen LogP contribution in [0.15, 0.2) is 30.7 Å². The number of aryl methyl sites for hydroxylation is 1. The monoisotopic (exact) mass is 303 g/mol. The zero-order valence-electron chi connectivity index (χ0n) is 12.0. The van der Waals surface area contributed by atoms with E-state index in [9.17, 15) is 14.9 Å². The highest BCUT2D eigenvalue weighted by atomic mass is 16.6. The van der Waals surface area contributed by atoms with E-state index >= 15 is 0 Å². The van der Waals surface area contributed by atoms with Crippen LogP contribution in [0.3, 0.4) is 0 Å². The van der Waals surface area contributed by atoms with Crippen molar-refractivity contribution in [2.45, 2.75) is 13.8 Å². The molecule has 1 aromatic heterocycles. The minimum atomic E-state index is -0.641. The number of aromatic nitrogens is 2. The van der Waals surface area contributed by atoms with Gasteiger partial charge in [0.05, 0.1) is 17.1 Å². The molecule has 1 aromatic carbocycles. The number of ether oxygens (including phenoxy) is 2. The second-order valence-electron chi connectivity index (χ2n) is 4.33. The summed E-state index contributed by atoms with van der Waals surface area (Å²) in [7, 11) is 0. The highest BCUT2D eigenvalue weighted by molar-refractivity contribution is 5.90. The lowest BCUT2D eigenvalue weighted by Gasteiger charge is -2.08. The maximum atomic E-state index is 11.8. The zero-order chi connectivity index (χ0) is 16.1. The van der Waals surface area contributed by atoms with Crippen LogP contribution in [0.25, 0.3) is 0 Å². The van der Waals surface area contributed by atoms with Crippen molar-refractivity contribution in [3.8, 4) is 11.6 Å². The minimum Gasteiger partial charge on any atom is -0.462 e. The van der Waals surface area contributed by atoms with Gasteiger partial charge in [-0.25, -0.2) is 9.78 Å². The van der Waals surface area contributed by atoms with E-state index in [0.717, 1.165) is 18.1 Å². The van der Waals surface area contributed by atoms with Gasteiger partial charge in [-0.05, 0) is 37.6 Å². The van der Waals surface area contributed by atoms with Gasteiger partial charge in [-0.15, -0.1) is 0 Å². The first-order valence-corrected chi connectivity index (χ1v) is 6.42. The fraction of sp³-hybridized carbons (Fsp3) is 0.214. The molecule has 0 bridgehead atoms. The van der Waals surface area contributed by atoms with Crippen molar-refractivity contribution in [1.82, 2.24) is 9.97 Å². The average Bonchev–Trinajstić information content (AvgIpc) is 2.47. The van der Waals surface area contributed by atoms with Crippen molar-refractivity contribution in [2.75, 3.05) is 6.61 Å². The Morgan fingerprint density at radius 2 is 2.14 bits per heavy atom. The molecular weight excluding hydrogens is 290 g/mol. The van der Waals surface area contributed by atoms with E-state index in [1.54, 1.807) is 26.0 Å². The van der Waals surface area contributed by atoms with Crippen molar-refractivity contribution in [1.29, 1.82) is 0 Å². The van der Waals surface area contributed by atoms with Crippen LogP contribution in [0.2, 0.25) is 0 Å². The molecule has 8 nitrogen and oxygen atoms in total. The third-order valence-electron chi connectivity index (χ3n) is 2.63. The molecule has 2 aromatic rings. The number of benzene rings is 1. The predicted octanol–water partition coefficient (Wildman–Crippen LogP) is 2.66. The molecule has 0 N–H and O–H groups in total. The summed E-state index contributed by atoms with van der Waals surface area (Å²) < 4.78 is 10.3. The smallest absolute Gasteiger partial charge is 0.349 e. The van der Waals surface area contributed by atoms with Gasteiger partial charge in [0, 0.05) is 0 Å². The van der Waals surface area contributed by atoms with Gasteiger partial charge in [-0.2, -0.15) is 4.98 Å². The first-order chi connectivity index (χ1) is 10.5. The summed E-state index contributed by atoms with van der Waals surface area (Å²) in [5.74, 6) is -0.432. The summed E-state index contributed by atoms with van der Waals surface area (Å²) in [6, 6.07) is 4.71. The Kier molecular flexibility index (Phi) is 4.62. The molecule has 0 saturated heterocycles. The zero-order valence-corrected chi connectivity index (χ0v) is 12.0. The van der Waals surface area contributed by atoms with E-state index < -0.39 is 10.9 Å². The largest absolute Gasteiger partial charge is 0.462 e. The molecule has 0 aliphatic carbocycles. The topological polar surface area (TPSA) is 104 Å².